The van der Waals surface area contributed by atoms with Crippen molar-refractivity contribution >= 4 is 5.91 Å². The molecule has 0 aliphatic carbocycles. The Hall–Kier alpha value is -1.59. The number of hydrogen-bond donors (Lipinski definition) is 0. The maximum Gasteiger partial charge on any atom is 0.253 e. The van der Waals surface area contributed by atoms with Gasteiger partial charge >= 0.3 is 0 Å². The number of likely N-dealkylation sites (tertiary alicyclic amines) is 1. The van der Waals surface area contributed by atoms with Crippen LogP contribution in [0.1, 0.15) is 42.1 Å². The highest BCUT2D eigenvalue weighted by molar-refractivity contribution is 5.95. The van der Waals surface area contributed by atoms with Gasteiger partial charge in [-0.3, -0.25) is 9.69 Å². The molecule has 0 N–H and O–H groups in total. The number of benzene rings is 1. The van der Waals surface area contributed by atoms with Crippen molar-refractivity contribution in [3.63, 3.8) is 0 Å². The van der Waals surface area contributed by atoms with E-state index in [2.05, 4.69) is 17.9 Å². The highest BCUT2D eigenvalue weighted by atomic mass is 16.5. The number of ether oxygens (including phenoxy) is 2. The molecule has 2 fully saturated rings. The molecule has 1 aromatic rings. The number of hydrogen-bond acceptors (Lipinski definition) is 4. The van der Waals surface area contributed by atoms with E-state index in [1.54, 1.807) is 0 Å². The Labute approximate surface area is 149 Å². The van der Waals surface area contributed by atoms with Crippen LogP contribution in [0.5, 0.6) is 5.75 Å². The molecule has 136 valence electrons. The lowest BCUT2D eigenvalue weighted by Crippen LogP contribution is -2.45. The van der Waals surface area contributed by atoms with Crippen molar-refractivity contribution < 1.29 is 14.3 Å². The first-order valence-corrected chi connectivity index (χ1v) is 9.52. The quantitative estimate of drug-likeness (QED) is 0.844. The summed E-state index contributed by atoms with van der Waals surface area (Å²) in [6.45, 7) is 9.27. The Balaban J connectivity index is 1.50. The van der Waals surface area contributed by atoms with Crippen molar-refractivity contribution in [1.29, 1.82) is 0 Å². The van der Waals surface area contributed by atoms with Crippen molar-refractivity contribution in [2.24, 2.45) is 0 Å². The lowest BCUT2D eigenvalue weighted by Gasteiger charge is -2.34. The smallest absolute Gasteiger partial charge is 0.253 e. The lowest BCUT2D eigenvalue weighted by molar-refractivity contribution is 0.0263. The highest BCUT2D eigenvalue weighted by Crippen LogP contribution is 2.40. The molecule has 25 heavy (non-hydrogen) atoms. The summed E-state index contributed by atoms with van der Waals surface area (Å²) >= 11 is 0. The SMILES string of the molecule is CC1(CN2CCOCC2)COc2cc(C(=O)N3CCCCC3)ccc21. The molecule has 1 amide bonds. The highest BCUT2D eigenvalue weighted by Gasteiger charge is 2.38. The van der Waals surface area contributed by atoms with Crippen LogP contribution in [0.15, 0.2) is 18.2 Å². The molecule has 3 heterocycles. The van der Waals surface area contributed by atoms with Crippen molar-refractivity contribution in [2.45, 2.75) is 31.6 Å². The number of amides is 1. The van der Waals surface area contributed by atoms with Gasteiger partial charge in [-0.25, -0.2) is 0 Å². The number of piperidine rings is 1. The van der Waals surface area contributed by atoms with Crippen molar-refractivity contribution in [3.8, 4) is 5.75 Å². The Bertz CT molecular complexity index is 636. The average molecular weight is 344 g/mol. The molecule has 0 spiro atoms. The number of rotatable bonds is 3. The van der Waals surface area contributed by atoms with Gasteiger partial charge in [-0.1, -0.05) is 13.0 Å². The maximum atomic E-state index is 12.7. The molecule has 1 aromatic carbocycles. The van der Waals surface area contributed by atoms with Crippen LogP contribution in [0.25, 0.3) is 0 Å². The summed E-state index contributed by atoms with van der Waals surface area (Å²) in [7, 11) is 0. The van der Waals surface area contributed by atoms with Gasteiger partial charge in [-0.2, -0.15) is 0 Å². The van der Waals surface area contributed by atoms with Gasteiger partial charge in [0.2, 0.25) is 0 Å². The molecule has 0 aromatic heterocycles. The van der Waals surface area contributed by atoms with Crippen molar-refractivity contribution in [1.82, 2.24) is 9.80 Å². The molecule has 1 unspecified atom stereocenters. The first-order chi connectivity index (χ1) is 12.2. The van der Waals surface area contributed by atoms with Gasteiger partial charge in [0, 0.05) is 49.3 Å². The van der Waals surface area contributed by atoms with E-state index in [1.807, 2.05) is 17.0 Å². The second-order valence-electron chi connectivity index (χ2n) is 7.80. The lowest BCUT2D eigenvalue weighted by atomic mass is 9.83. The van der Waals surface area contributed by atoms with E-state index in [0.717, 1.165) is 70.1 Å². The minimum absolute atomic E-state index is 0.0145. The maximum absolute atomic E-state index is 12.7. The number of nitrogens with zero attached hydrogens (tertiary/aromatic N) is 2. The third kappa shape index (κ3) is 3.40. The van der Waals surface area contributed by atoms with E-state index < -0.39 is 0 Å². The minimum Gasteiger partial charge on any atom is -0.492 e. The molecular formula is C20H28N2O3. The van der Waals surface area contributed by atoms with Crippen LogP contribution < -0.4 is 4.74 Å². The zero-order valence-corrected chi connectivity index (χ0v) is 15.1. The van der Waals surface area contributed by atoms with Gasteiger partial charge in [-0.05, 0) is 31.4 Å². The van der Waals surface area contributed by atoms with Gasteiger partial charge in [0.1, 0.15) is 5.75 Å². The number of morpholine rings is 1. The molecule has 1 atom stereocenters. The molecule has 5 heteroatoms. The number of carbonyl (C=O) groups is 1. The second-order valence-corrected chi connectivity index (χ2v) is 7.80. The van der Waals surface area contributed by atoms with Crippen LogP contribution in [0, 0.1) is 0 Å². The third-order valence-electron chi connectivity index (χ3n) is 5.74. The normalized spacial score (nSPS) is 27.0. The molecular weight excluding hydrogens is 316 g/mol. The summed E-state index contributed by atoms with van der Waals surface area (Å²) in [4.78, 5) is 17.2. The Morgan fingerprint density at radius 2 is 1.88 bits per heavy atom. The van der Waals surface area contributed by atoms with Crippen LogP contribution in [0.4, 0.5) is 0 Å². The predicted molar refractivity (Wildman–Crippen MR) is 96.3 cm³/mol. The predicted octanol–water partition coefficient (Wildman–Crippen LogP) is 2.29. The van der Waals surface area contributed by atoms with Gasteiger partial charge in [0.15, 0.2) is 0 Å². The fourth-order valence-electron chi connectivity index (χ4n) is 4.25. The fraction of sp³-hybridized carbons (Fsp3) is 0.650. The van der Waals surface area contributed by atoms with Gasteiger partial charge in [0.05, 0.1) is 19.8 Å². The monoisotopic (exact) mass is 344 g/mol. The van der Waals surface area contributed by atoms with E-state index in [0.29, 0.717) is 6.61 Å². The number of carbonyl (C=O) groups excluding carboxylic acids is 1. The van der Waals surface area contributed by atoms with Gasteiger partial charge < -0.3 is 14.4 Å². The topological polar surface area (TPSA) is 42.0 Å². The van der Waals surface area contributed by atoms with Crippen LogP contribution in [0.2, 0.25) is 0 Å². The Morgan fingerprint density at radius 1 is 1.12 bits per heavy atom. The summed E-state index contributed by atoms with van der Waals surface area (Å²) in [6.07, 6.45) is 3.46. The first kappa shape index (κ1) is 16.9. The van der Waals surface area contributed by atoms with Gasteiger partial charge in [-0.15, -0.1) is 0 Å². The van der Waals surface area contributed by atoms with Crippen molar-refractivity contribution in [2.75, 3.05) is 52.5 Å². The Kier molecular flexibility index (Phi) is 4.69. The summed E-state index contributed by atoms with van der Waals surface area (Å²) in [6, 6.07) is 6.05. The van der Waals surface area contributed by atoms with Crippen LogP contribution >= 0.6 is 0 Å². The van der Waals surface area contributed by atoms with E-state index in [9.17, 15) is 4.79 Å². The van der Waals surface area contributed by atoms with Crippen LogP contribution in [-0.2, 0) is 10.2 Å². The van der Waals surface area contributed by atoms with Crippen molar-refractivity contribution in [3.05, 3.63) is 29.3 Å². The molecule has 0 bridgehead atoms. The molecule has 5 nitrogen and oxygen atoms in total. The molecule has 0 saturated carbocycles. The zero-order chi connectivity index (χ0) is 17.3. The summed E-state index contributed by atoms with van der Waals surface area (Å²) in [5, 5.41) is 0. The molecule has 0 radical (unpaired) electrons. The van der Waals surface area contributed by atoms with E-state index in [-0.39, 0.29) is 11.3 Å². The zero-order valence-electron chi connectivity index (χ0n) is 15.1. The summed E-state index contributed by atoms with van der Waals surface area (Å²) in [5.41, 5.74) is 1.98. The minimum atomic E-state index is -0.0145. The molecule has 2 saturated heterocycles. The van der Waals surface area contributed by atoms with Crippen LogP contribution in [-0.4, -0.2) is 68.3 Å². The second kappa shape index (κ2) is 6.96. The van der Waals surface area contributed by atoms with E-state index >= 15 is 0 Å². The third-order valence-corrected chi connectivity index (χ3v) is 5.74. The van der Waals surface area contributed by atoms with E-state index in [4.69, 9.17) is 9.47 Å². The standard InChI is InChI=1S/C20H28N2O3/c1-20(14-21-9-11-24-12-10-21)15-25-18-13-16(5-6-17(18)20)19(23)22-7-3-2-4-8-22/h5-6,13H,2-4,7-12,14-15H2,1H3. The summed E-state index contributed by atoms with van der Waals surface area (Å²) < 4.78 is 11.5. The molecule has 3 aliphatic heterocycles. The molecule has 3 aliphatic rings. The molecule has 4 rings (SSSR count). The van der Waals surface area contributed by atoms with E-state index in [1.165, 1.54) is 12.0 Å². The number of fused-ring (bicyclic) bond motifs is 1. The van der Waals surface area contributed by atoms with Crippen LogP contribution in [0.3, 0.4) is 0 Å². The largest absolute Gasteiger partial charge is 0.492 e. The average Bonchev–Trinajstić information content (AvgIpc) is 2.99. The Morgan fingerprint density at radius 3 is 2.64 bits per heavy atom. The van der Waals surface area contributed by atoms with Gasteiger partial charge in [0.25, 0.3) is 5.91 Å². The fourth-order valence-corrected chi connectivity index (χ4v) is 4.25. The first-order valence-electron chi connectivity index (χ1n) is 9.52. The summed E-state index contributed by atoms with van der Waals surface area (Å²) in [5.74, 6) is 1.03.